The lowest BCUT2D eigenvalue weighted by Gasteiger charge is -1.90. The standard InChI is InChI=1S/C14H15I/c15-11-14-9-8-13(10-14)7-3-6-12-4-1-2-5-12/h1,3-4,6-7,10-11H,2,5,8-9H2/b7-3+,12-6-,14-11+. The highest BCUT2D eigenvalue weighted by Gasteiger charge is 2.05. The molecule has 0 aliphatic heterocycles. The van der Waals surface area contributed by atoms with Crippen LogP contribution in [0.5, 0.6) is 0 Å². The van der Waals surface area contributed by atoms with Crippen LogP contribution in [0.15, 0.2) is 57.3 Å². The molecule has 2 aliphatic carbocycles. The van der Waals surface area contributed by atoms with Gasteiger partial charge in [-0.15, -0.1) is 0 Å². The van der Waals surface area contributed by atoms with Crippen LogP contribution in [-0.4, -0.2) is 0 Å². The van der Waals surface area contributed by atoms with Crippen molar-refractivity contribution in [1.29, 1.82) is 0 Å². The normalized spacial score (nSPS) is 26.1. The Hall–Kier alpha value is -0.570. The predicted molar refractivity (Wildman–Crippen MR) is 75.0 cm³/mol. The van der Waals surface area contributed by atoms with Gasteiger partial charge in [0.15, 0.2) is 0 Å². The summed E-state index contributed by atoms with van der Waals surface area (Å²) in [5, 5.41) is 0. The fourth-order valence-corrected chi connectivity index (χ4v) is 2.38. The number of hydrogen-bond acceptors (Lipinski definition) is 0. The smallest absolute Gasteiger partial charge is 0.0201 e. The monoisotopic (exact) mass is 310 g/mol. The van der Waals surface area contributed by atoms with E-state index in [-0.39, 0.29) is 0 Å². The van der Waals surface area contributed by atoms with Crippen LogP contribution in [0.25, 0.3) is 0 Å². The van der Waals surface area contributed by atoms with Crippen molar-refractivity contribution in [2.45, 2.75) is 25.7 Å². The second kappa shape index (κ2) is 5.50. The van der Waals surface area contributed by atoms with E-state index >= 15 is 0 Å². The Labute approximate surface area is 105 Å². The first-order chi connectivity index (χ1) is 7.38. The van der Waals surface area contributed by atoms with Crippen molar-refractivity contribution >= 4 is 22.6 Å². The molecule has 0 radical (unpaired) electrons. The van der Waals surface area contributed by atoms with Crippen LogP contribution >= 0.6 is 22.6 Å². The van der Waals surface area contributed by atoms with Gasteiger partial charge in [0, 0.05) is 0 Å². The molecule has 0 N–H and O–H groups in total. The second-order valence-electron chi connectivity index (χ2n) is 3.95. The lowest BCUT2D eigenvalue weighted by molar-refractivity contribution is 1.03. The molecule has 0 saturated carbocycles. The summed E-state index contributed by atoms with van der Waals surface area (Å²) >= 11 is 2.32. The van der Waals surface area contributed by atoms with E-state index in [1.165, 1.54) is 42.4 Å². The van der Waals surface area contributed by atoms with Gasteiger partial charge in [-0.05, 0) is 46.5 Å². The second-order valence-corrected chi connectivity index (χ2v) is 4.57. The summed E-state index contributed by atoms with van der Waals surface area (Å²) in [6.07, 6.45) is 18.3. The lowest BCUT2D eigenvalue weighted by Crippen LogP contribution is -1.70. The molecule has 0 unspecified atom stereocenters. The Balaban J connectivity index is 1.95. The molecule has 78 valence electrons. The number of rotatable bonds is 2. The fourth-order valence-electron chi connectivity index (χ4n) is 1.89. The minimum Gasteiger partial charge on any atom is -0.0839 e. The van der Waals surface area contributed by atoms with Crippen molar-refractivity contribution in [1.82, 2.24) is 0 Å². The highest BCUT2D eigenvalue weighted by Crippen LogP contribution is 2.25. The molecule has 0 fully saturated rings. The van der Waals surface area contributed by atoms with Crippen molar-refractivity contribution in [2.24, 2.45) is 0 Å². The molecule has 0 atom stereocenters. The zero-order chi connectivity index (χ0) is 10.5. The van der Waals surface area contributed by atoms with Gasteiger partial charge in [-0.2, -0.15) is 0 Å². The van der Waals surface area contributed by atoms with Crippen molar-refractivity contribution in [2.75, 3.05) is 0 Å². The molecule has 0 spiro atoms. The molecule has 0 heterocycles. The Morgan fingerprint density at radius 1 is 1.13 bits per heavy atom. The van der Waals surface area contributed by atoms with E-state index in [0.717, 1.165) is 0 Å². The van der Waals surface area contributed by atoms with Gasteiger partial charge in [-0.1, -0.05) is 59.0 Å². The molecule has 15 heavy (non-hydrogen) atoms. The largest absolute Gasteiger partial charge is 0.0839 e. The van der Waals surface area contributed by atoms with Crippen LogP contribution < -0.4 is 0 Å². The molecular formula is C14H15I. The lowest BCUT2D eigenvalue weighted by atomic mass is 10.2. The van der Waals surface area contributed by atoms with E-state index in [1.54, 1.807) is 0 Å². The summed E-state index contributed by atoms with van der Waals surface area (Å²) in [5.41, 5.74) is 4.37. The van der Waals surface area contributed by atoms with Gasteiger partial charge in [-0.3, -0.25) is 0 Å². The quantitative estimate of drug-likeness (QED) is 0.639. The molecular weight excluding hydrogens is 295 g/mol. The summed E-state index contributed by atoms with van der Waals surface area (Å²) in [5.74, 6) is 0. The minimum absolute atomic E-state index is 1.20. The maximum Gasteiger partial charge on any atom is -0.0201 e. The summed E-state index contributed by atoms with van der Waals surface area (Å²) in [6, 6.07) is 0. The van der Waals surface area contributed by atoms with Crippen LogP contribution in [0.2, 0.25) is 0 Å². The molecule has 0 aromatic heterocycles. The third kappa shape index (κ3) is 3.20. The topological polar surface area (TPSA) is 0 Å². The number of hydrogen-bond donors (Lipinski definition) is 0. The van der Waals surface area contributed by atoms with Gasteiger partial charge in [0.25, 0.3) is 0 Å². The Bertz CT molecular complexity index is 378. The van der Waals surface area contributed by atoms with Crippen molar-refractivity contribution < 1.29 is 0 Å². The van der Waals surface area contributed by atoms with Gasteiger partial charge in [-0.25, -0.2) is 0 Å². The molecule has 0 amide bonds. The maximum atomic E-state index is 2.32. The average molecular weight is 310 g/mol. The van der Waals surface area contributed by atoms with E-state index in [9.17, 15) is 0 Å². The van der Waals surface area contributed by atoms with Gasteiger partial charge < -0.3 is 0 Å². The van der Waals surface area contributed by atoms with Crippen molar-refractivity contribution in [3.8, 4) is 0 Å². The maximum absolute atomic E-state index is 2.32. The highest BCUT2D eigenvalue weighted by atomic mass is 127. The van der Waals surface area contributed by atoms with E-state index < -0.39 is 0 Å². The van der Waals surface area contributed by atoms with Crippen LogP contribution in [0, 0.1) is 0 Å². The van der Waals surface area contributed by atoms with E-state index in [4.69, 9.17) is 0 Å². The summed E-state index contributed by atoms with van der Waals surface area (Å²) in [4.78, 5) is 0. The first-order valence-corrected chi connectivity index (χ1v) is 6.66. The van der Waals surface area contributed by atoms with Gasteiger partial charge in [0.1, 0.15) is 0 Å². The molecule has 0 aromatic rings. The Kier molecular flexibility index (Phi) is 4.01. The molecule has 0 bridgehead atoms. The van der Waals surface area contributed by atoms with Gasteiger partial charge in [0.05, 0.1) is 0 Å². The van der Waals surface area contributed by atoms with Crippen LogP contribution in [0.1, 0.15) is 25.7 Å². The summed E-state index contributed by atoms with van der Waals surface area (Å²) < 4.78 is 2.18. The van der Waals surface area contributed by atoms with Crippen molar-refractivity contribution in [3.05, 3.63) is 57.3 Å². The number of halogens is 1. The minimum atomic E-state index is 1.20. The average Bonchev–Trinajstić information content (AvgIpc) is 2.88. The third-order valence-electron chi connectivity index (χ3n) is 2.77. The fraction of sp³-hybridized carbons (Fsp3) is 0.286. The number of allylic oxidation sites excluding steroid dienone is 9. The van der Waals surface area contributed by atoms with Gasteiger partial charge in [0.2, 0.25) is 0 Å². The Morgan fingerprint density at radius 3 is 2.73 bits per heavy atom. The van der Waals surface area contributed by atoms with Crippen LogP contribution in [-0.2, 0) is 0 Å². The highest BCUT2D eigenvalue weighted by molar-refractivity contribution is 14.1. The molecule has 0 aromatic carbocycles. The summed E-state index contributed by atoms with van der Waals surface area (Å²) in [6.45, 7) is 0. The molecule has 1 heteroatoms. The molecule has 2 aliphatic rings. The van der Waals surface area contributed by atoms with E-state index in [0.29, 0.717) is 0 Å². The SMILES string of the molecule is I/C=C1C=C(/C=C/C=C2/C=CCC2)CC/1. The van der Waals surface area contributed by atoms with Crippen molar-refractivity contribution in [3.63, 3.8) is 0 Å². The summed E-state index contributed by atoms with van der Waals surface area (Å²) in [7, 11) is 0. The molecule has 2 rings (SSSR count). The molecule has 0 nitrogen and oxygen atoms in total. The van der Waals surface area contributed by atoms with E-state index in [1.807, 2.05) is 0 Å². The third-order valence-corrected chi connectivity index (χ3v) is 3.57. The zero-order valence-corrected chi connectivity index (χ0v) is 10.9. The van der Waals surface area contributed by atoms with Crippen LogP contribution in [0.4, 0.5) is 0 Å². The Morgan fingerprint density at radius 2 is 2.07 bits per heavy atom. The van der Waals surface area contributed by atoms with Crippen LogP contribution in [0.3, 0.4) is 0 Å². The molecule has 0 saturated heterocycles. The zero-order valence-electron chi connectivity index (χ0n) is 8.75. The van der Waals surface area contributed by atoms with Gasteiger partial charge >= 0.3 is 0 Å². The first kappa shape index (κ1) is 10.9. The first-order valence-electron chi connectivity index (χ1n) is 5.42. The van der Waals surface area contributed by atoms with E-state index in [2.05, 4.69) is 63.1 Å². The predicted octanol–water partition coefficient (Wildman–Crippen LogP) is 4.86.